The quantitative estimate of drug-likeness (QED) is 0.738. The van der Waals surface area contributed by atoms with Crippen LogP contribution in [0.3, 0.4) is 0 Å². The van der Waals surface area contributed by atoms with E-state index in [0.717, 1.165) is 11.3 Å². The van der Waals surface area contributed by atoms with E-state index < -0.39 is 16.0 Å². The van der Waals surface area contributed by atoms with Crippen molar-refractivity contribution in [1.29, 1.82) is 0 Å². The third-order valence-electron chi connectivity index (χ3n) is 3.69. The highest BCUT2D eigenvalue weighted by Gasteiger charge is 2.33. The van der Waals surface area contributed by atoms with E-state index in [4.69, 9.17) is 0 Å². The van der Waals surface area contributed by atoms with E-state index in [9.17, 15) is 13.2 Å². The second kappa shape index (κ2) is 6.83. The fourth-order valence-corrected chi connectivity index (χ4v) is 5.19. The van der Waals surface area contributed by atoms with Crippen LogP contribution in [0, 0.1) is 0 Å². The average Bonchev–Trinajstić information content (AvgIpc) is 3.12. The van der Waals surface area contributed by atoms with E-state index in [1.54, 1.807) is 23.8 Å². The summed E-state index contributed by atoms with van der Waals surface area (Å²) in [6.07, 6.45) is 3.30. The minimum Gasteiger partial charge on any atom is -0.465 e. The van der Waals surface area contributed by atoms with Gasteiger partial charge < -0.3 is 9.64 Å². The number of nitrogens with zero attached hydrogens (tertiary/aromatic N) is 4. The van der Waals surface area contributed by atoms with Crippen LogP contribution in [0.1, 0.15) is 9.67 Å². The Morgan fingerprint density at radius 2 is 1.88 bits per heavy atom. The van der Waals surface area contributed by atoms with Gasteiger partial charge in [-0.15, -0.1) is 11.3 Å². The highest BCUT2D eigenvalue weighted by Crippen LogP contribution is 2.27. The van der Waals surface area contributed by atoms with Crippen molar-refractivity contribution in [2.45, 2.75) is 4.90 Å². The number of ether oxygens (including phenoxy) is 1. The van der Waals surface area contributed by atoms with Gasteiger partial charge in [0.1, 0.15) is 9.77 Å². The van der Waals surface area contributed by atoms with E-state index >= 15 is 0 Å². The Morgan fingerprint density at radius 3 is 2.50 bits per heavy atom. The van der Waals surface area contributed by atoms with Gasteiger partial charge in [-0.25, -0.2) is 23.2 Å². The molecule has 3 heterocycles. The Balaban J connectivity index is 1.76. The number of sulfonamides is 1. The van der Waals surface area contributed by atoms with Gasteiger partial charge in [0.05, 0.1) is 7.11 Å². The molecule has 0 N–H and O–H groups in total. The number of thiophene rings is 1. The van der Waals surface area contributed by atoms with Crippen LogP contribution < -0.4 is 4.90 Å². The highest BCUT2D eigenvalue weighted by atomic mass is 32.2. The van der Waals surface area contributed by atoms with Gasteiger partial charge in [0, 0.05) is 38.6 Å². The van der Waals surface area contributed by atoms with E-state index in [1.165, 1.54) is 17.5 Å². The summed E-state index contributed by atoms with van der Waals surface area (Å²) in [6.45, 7) is 1.58. The Morgan fingerprint density at radius 1 is 1.21 bits per heavy atom. The second-order valence-electron chi connectivity index (χ2n) is 5.05. The summed E-state index contributed by atoms with van der Waals surface area (Å²) < 4.78 is 31.6. The molecule has 1 aliphatic rings. The largest absolute Gasteiger partial charge is 0.465 e. The molecular formula is C14H16N4O4S2. The lowest BCUT2D eigenvalue weighted by Gasteiger charge is -2.33. The molecule has 0 aliphatic carbocycles. The SMILES string of the molecule is COC(=O)c1sccc1S(=O)(=O)N1CCN(c2ncccn2)CC1. The van der Waals surface area contributed by atoms with Crippen LogP contribution >= 0.6 is 11.3 Å². The van der Waals surface area contributed by atoms with Gasteiger partial charge in [-0.2, -0.15) is 4.31 Å². The lowest BCUT2D eigenvalue weighted by atomic mass is 10.4. The molecule has 0 aromatic carbocycles. The van der Waals surface area contributed by atoms with E-state index in [1.807, 2.05) is 4.90 Å². The highest BCUT2D eigenvalue weighted by molar-refractivity contribution is 7.89. The smallest absolute Gasteiger partial charge is 0.349 e. The molecule has 0 unspecified atom stereocenters. The van der Waals surface area contributed by atoms with Crippen molar-refractivity contribution >= 4 is 33.3 Å². The number of hydrogen-bond acceptors (Lipinski definition) is 8. The Hall–Kier alpha value is -2.04. The van der Waals surface area contributed by atoms with Crippen LogP contribution in [0.15, 0.2) is 34.8 Å². The van der Waals surface area contributed by atoms with Crippen LogP contribution in [0.25, 0.3) is 0 Å². The number of piperazine rings is 1. The molecular weight excluding hydrogens is 352 g/mol. The fraction of sp³-hybridized carbons (Fsp3) is 0.357. The maximum atomic E-state index is 12.8. The van der Waals surface area contributed by atoms with Crippen molar-refractivity contribution in [3.05, 3.63) is 34.8 Å². The molecule has 0 bridgehead atoms. The van der Waals surface area contributed by atoms with E-state index in [-0.39, 0.29) is 9.77 Å². The molecule has 0 saturated carbocycles. The van der Waals surface area contributed by atoms with Crippen molar-refractivity contribution in [2.24, 2.45) is 0 Å². The summed E-state index contributed by atoms with van der Waals surface area (Å²) in [4.78, 5) is 22.1. The summed E-state index contributed by atoms with van der Waals surface area (Å²) in [5.41, 5.74) is 0. The zero-order valence-electron chi connectivity index (χ0n) is 13.0. The summed E-state index contributed by atoms with van der Waals surface area (Å²) in [5, 5.41) is 1.58. The minimum absolute atomic E-state index is 0.00348. The van der Waals surface area contributed by atoms with E-state index in [2.05, 4.69) is 14.7 Å². The van der Waals surface area contributed by atoms with Crippen LogP contribution in [0.4, 0.5) is 5.95 Å². The van der Waals surface area contributed by atoms with E-state index in [0.29, 0.717) is 32.1 Å². The van der Waals surface area contributed by atoms with Crippen molar-refractivity contribution in [3.8, 4) is 0 Å². The van der Waals surface area contributed by atoms with Gasteiger partial charge in [0.2, 0.25) is 16.0 Å². The summed E-state index contributed by atoms with van der Waals surface area (Å²) in [6, 6.07) is 3.17. The number of methoxy groups -OCH3 is 1. The number of carbonyl (C=O) groups is 1. The molecule has 0 spiro atoms. The zero-order chi connectivity index (χ0) is 17.2. The lowest BCUT2D eigenvalue weighted by molar-refractivity contribution is 0.0602. The van der Waals surface area contributed by atoms with Crippen LogP contribution in [0.5, 0.6) is 0 Å². The molecule has 0 amide bonds. The van der Waals surface area contributed by atoms with Crippen molar-refractivity contribution in [1.82, 2.24) is 14.3 Å². The minimum atomic E-state index is -3.73. The maximum Gasteiger partial charge on any atom is 0.349 e. The lowest BCUT2D eigenvalue weighted by Crippen LogP contribution is -2.49. The molecule has 1 fully saturated rings. The molecule has 3 rings (SSSR count). The van der Waals surface area contributed by atoms with Gasteiger partial charge in [0.25, 0.3) is 0 Å². The molecule has 128 valence electrons. The van der Waals surface area contributed by atoms with Gasteiger partial charge in [-0.1, -0.05) is 0 Å². The standard InChI is InChI=1S/C14H16N4O4S2/c1-22-13(19)12-11(3-10-23-12)24(20,21)18-8-6-17(7-9-18)14-15-4-2-5-16-14/h2-5,10H,6-9H2,1H3. The first-order valence-electron chi connectivity index (χ1n) is 7.22. The fourth-order valence-electron chi connectivity index (χ4n) is 2.46. The number of esters is 1. The summed E-state index contributed by atoms with van der Waals surface area (Å²) >= 11 is 1.06. The topological polar surface area (TPSA) is 92.7 Å². The van der Waals surface area contributed by atoms with Crippen molar-refractivity contribution in [3.63, 3.8) is 0 Å². The summed E-state index contributed by atoms with van der Waals surface area (Å²) in [5.74, 6) is -0.0553. The first kappa shape index (κ1) is 16.8. The number of rotatable bonds is 4. The molecule has 2 aromatic rings. The van der Waals surface area contributed by atoms with Crippen LogP contribution in [0.2, 0.25) is 0 Å². The number of hydrogen-bond donors (Lipinski definition) is 0. The Labute approximate surface area is 143 Å². The van der Waals surface area contributed by atoms with Gasteiger partial charge >= 0.3 is 5.97 Å². The van der Waals surface area contributed by atoms with Crippen LogP contribution in [-0.2, 0) is 14.8 Å². The van der Waals surface area contributed by atoms with Crippen LogP contribution in [-0.4, -0.2) is 61.9 Å². The molecule has 8 nitrogen and oxygen atoms in total. The molecule has 10 heteroatoms. The van der Waals surface area contributed by atoms with Gasteiger partial charge in [0.15, 0.2) is 0 Å². The normalized spacial score (nSPS) is 16.1. The maximum absolute atomic E-state index is 12.8. The third kappa shape index (κ3) is 3.12. The molecule has 0 atom stereocenters. The second-order valence-corrected chi connectivity index (χ2v) is 7.87. The number of anilines is 1. The summed E-state index contributed by atoms with van der Waals surface area (Å²) in [7, 11) is -2.50. The van der Waals surface area contributed by atoms with Gasteiger partial charge in [-0.3, -0.25) is 0 Å². The number of carbonyl (C=O) groups excluding carboxylic acids is 1. The Kier molecular flexibility index (Phi) is 4.78. The molecule has 1 saturated heterocycles. The average molecular weight is 368 g/mol. The monoisotopic (exact) mass is 368 g/mol. The molecule has 1 aliphatic heterocycles. The van der Waals surface area contributed by atoms with Gasteiger partial charge in [-0.05, 0) is 17.5 Å². The van der Waals surface area contributed by atoms with Crippen molar-refractivity contribution < 1.29 is 17.9 Å². The third-order valence-corrected chi connectivity index (χ3v) is 6.66. The predicted octanol–water partition coefficient (Wildman–Crippen LogP) is 0.836. The Bertz CT molecular complexity index is 814. The first-order valence-corrected chi connectivity index (χ1v) is 9.54. The predicted molar refractivity (Wildman–Crippen MR) is 88.7 cm³/mol. The molecule has 2 aromatic heterocycles. The molecule has 0 radical (unpaired) electrons. The zero-order valence-corrected chi connectivity index (χ0v) is 14.6. The first-order chi connectivity index (χ1) is 11.5. The molecule has 24 heavy (non-hydrogen) atoms. The van der Waals surface area contributed by atoms with Crippen molar-refractivity contribution in [2.75, 3.05) is 38.2 Å². The number of aromatic nitrogens is 2.